The molecule has 0 radical (unpaired) electrons. The molecule has 3 N–H and O–H groups in total. The van der Waals surface area contributed by atoms with E-state index in [-0.39, 0.29) is 6.10 Å². The van der Waals surface area contributed by atoms with E-state index in [0.29, 0.717) is 6.61 Å². The Kier molecular flexibility index (Phi) is 10.4. The van der Waals surface area contributed by atoms with E-state index < -0.39 is 10.4 Å². The average molecular weight is 386 g/mol. The summed E-state index contributed by atoms with van der Waals surface area (Å²) in [6.07, 6.45) is -0.00444. The molecule has 0 saturated heterocycles. The van der Waals surface area contributed by atoms with Gasteiger partial charge in [0.15, 0.2) is 0 Å². The van der Waals surface area contributed by atoms with Crippen LogP contribution in [0.4, 0.5) is 0 Å². The molecule has 2 rings (SSSR count). The van der Waals surface area contributed by atoms with Crippen LogP contribution in [-0.4, -0.2) is 43.0 Å². The van der Waals surface area contributed by atoms with Crippen LogP contribution < -0.4 is 5.32 Å². The second kappa shape index (κ2) is 12.0. The molecule has 0 heterocycles. The molecule has 0 aliphatic rings. The summed E-state index contributed by atoms with van der Waals surface area (Å²) >= 11 is 4.17. The predicted octanol–water partition coefficient (Wildman–Crippen LogP) is 2.66. The third kappa shape index (κ3) is 10.9. The molecule has 0 aromatic heterocycles. The Morgan fingerprint density at radius 3 is 1.76 bits per heavy atom. The third-order valence-electron chi connectivity index (χ3n) is 3.06. The highest BCUT2D eigenvalue weighted by Crippen LogP contribution is 2.25. The monoisotopic (exact) mass is 385 g/mol. The fraction of sp³-hybridized carbons (Fsp3) is 0.294. The molecule has 2 aromatic rings. The molecule has 2 aromatic carbocycles. The van der Waals surface area contributed by atoms with Crippen LogP contribution in [0.25, 0.3) is 0 Å². The zero-order valence-electron chi connectivity index (χ0n) is 13.7. The molecule has 0 bridgehead atoms. The van der Waals surface area contributed by atoms with Gasteiger partial charge >= 0.3 is 10.4 Å². The van der Waals surface area contributed by atoms with Gasteiger partial charge in [0.1, 0.15) is 6.10 Å². The molecule has 0 aliphatic heterocycles. The summed E-state index contributed by atoms with van der Waals surface area (Å²) in [4.78, 5) is 0. The summed E-state index contributed by atoms with van der Waals surface area (Å²) < 4.78 is 37.7. The third-order valence-corrected chi connectivity index (χ3v) is 3.28. The summed E-state index contributed by atoms with van der Waals surface area (Å²) in [5.41, 5.74) is 2.38. The van der Waals surface area contributed by atoms with Crippen LogP contribution in [0, 0.1) is 0 Å². The van der Waals surface area contributed by atoms with Crippen LogP contribution in [0.3, 0.4) is 0 Å². The molecular formula is C17H23NO5S2. The first-order valence-corrected chi connectivity index (χ1v) is 9.67. The Morgan fingerprint density at radius 2 is 1.36 bits per heavy atom. The Bertz CT molecular complexity index is 633. The van der Waals surface area contributed by atoms with Crippen LogP contribution in [0.2, 0.25) is 0 Å². The first-order chi connectivity index (χ1) is 11.9. The summed E-state index contributed by atoms with van der Waals surface area (Å²) in [5, 5.41) is 3.29. The molecule has 0 unspecified atom stereocenters. The van der Waals surface area contributed by atoms with Crippen LogP contribution in [-0.2, 0) is 15.1 Å². The second-order valence-corrected chi connectivity index (χ2v) is 6.34. The lowest BCUT2D eigenvalue weighted by Gasteiger charge is -2.19. The molecule has 6 nitrogen and oxygen atoms in total. The second-order valence-electron chi connectivity index (χ2n) is 4.99. The smallest absolute Gasteiger partial charge is 0.367 e. The van der Waals surface area contributed by atoms with Gasteiger partial charge in [-0.3, -0.25) is 9.11 Å². The molecular weight excluding hydrogens is 362 g/mol. The van der Waals surface area contributed by atoms with Crippen LogP contribution >= 0.6 is 12.6 Å². The highest BCUT2D eigenvalue weighted by molar-refractivity contribution is 7.80. The number of hydrogen-bond donors (Lipinski definition) is 4. The molecule has 0 aliphatic carbocycles. The number of hydrogen-bond acceptors (Lipinski definition) is 5. The summed E-state index contributed by atoms with van der Waals surface area (Å²) in [6.45, 7) is 2.44. The van der Waals surface area contributed by atoms with Gasteiger partial charge in [0, 0.05) is 18.8 Å². The standard InChI is InChI=1S/C17H21NOS.H2O4S/c20-14-12-18-11-13-19-17(15-7-3-1-4-8-15)16-9-5-2-6-10-16;1-5(2,3)4/h1-10,17-18,20H,11-14H2;(H2,1,2,3,4). The van der Waals surface area contributed by atoms with Crippen molar-refractivity contribution in [2.24, 2.45) is 0 Å². The molecule has 0 spiro atoms. The quantitative estimate of drug-likeness (QED) is 0.317. The first kappa shape index (κ1) is 21.6. The zero-order valence-corrected chi connectivity index (χ0v) is 15.4. The Balaban J connectivity index is 0.000000550. The van der Waals surface area contributed by atoms with Gasteiger partial charge in [0.2, 0.25) is 0 Å². The van der Waals surface area contributed by atoms with E-state index in [1.54, 1.807) is 0 Å². The SMILES string of the molecule is O=S(=O)(O)O.SCCNCCOC(c1ccccc1)c1ccccc1. The van der Waals surface area contributed by atoms with Crippen molar-refractivity contribution in [1.82, 2.24) is 5.32 Å². The molecule has 8 heteroatoms. The summed E-state index contributed by atoms with van der Waals surface area (Å²) in [6, 6.07) is 20.7. The number of thiol groups is 1. The first-order valence-electron chi connectivity index (χ1n) is 7.64. The highest BCUT2D eigenvalue weighted by atomic mass is 32.3. The van der Waals surface area contributed by atoms with E-state index in [0.717, 1.165) is 18.8 Å². The average Bonchev–Trinajstić information content (AvgIpc) is 2.58. The minimum absolute atomic E-state index is 0.00444. The molecule has 138 valence electrons. The fourth-order valence-corrected chi connectivity index (χ4v) is 2.25. The number of rotatable bonds is 8. The van der Waals surface area contributed by atoms with Crippen LogP contribution in [0.15, 0.2) is 60.7 Å². The maximum Gasteiger partial charge on any atom is 0.394 e. The lowest BCUT2D eigenvalue weighted by Crippen LogP contribution is -2.23. The van der Waals surface area contributed by atoms with Gasteiger partial charge in [-0.15, -0.1) is 0 Å². The van der Waals surface area contributed by atoms with Crippen molar-refractivity contribution >= 4 is 23.0 Å². The van der Waals surface area contributed by atoms with E-state index in [2.05, 4.69) is 42.2 Å². The van der Waals surface area contributed by atoms with Crippen molar-refractivity contribution in [3.63, 3.8) is 0 Å². The lowest BCUT2D eigenvalue weighted by atomic mass is 10.0. The molecule has 0 saturated carbocycles. The minimum Gasteiger partial charge on any atom is -0.367 e. The Morgan fingerprint density at radius 1 is 0.920 bits per heavy atom. The van der Waals surface area contributed by atoms with Gasteiger partial charge in [-0.2, -0.15) is 21.0 Å². The Labute approximate surface area is 154 Å². The van der Waals surface area contributed by atoms with Crippen molar-refractivity contribution in [2.45, 2.75) is 6.10 Å². The molecule has 0 amide bonds. The van der Waals surface area contributed by atoms with E-state index in [9.17, 15) is 0 Å². The molecule has 0 fully saturated rings. The van der Waals surface area contributed by atoms with Gasteiger partial charge in [0.05, 0.1) is 6.61 Å². The van der Waals surface area contributed by atoms with Crippen molar-refractivity contribution in [3.05, 3.63) is 71.8 Å². The van der Waals surface area contributed by atoms with Crippen molar-refractivity contribution in [2.75, 3.05) is 25.4 Å². The van der Waals surface area contributed by atoms with Gasteiger partial charge in [0.25, 0.3) is 0 Å². The summed E-state index contributed by atoms with van der Waals surface area (Å²) in [5.74, 6) is 0.848. The number of benzene rings is 2. The minimum atomic E-state index is -4.67. The van der Waals surface area contributed by atoms with Gasteiger partial charge in [-0.25, -0.2) is 0 Å². The van der Waals surface area contributed by atoms with Crippen molar-refractivity contribution < 1.29 is 22.3 Å². The predicted molar refractivity (Wildman–Crippen MR) is 102 cm³/mol. The van der Waals surface area contributed by atoms with Crippen molar-refractivity contribution in [1.29, 1.82) is 0 Å². The van der Waals surface area contributed by atoms with E-state index >= 15 is 0 Å². The topological polar surface area (TPSA) is 95.9 Å². The maximum absolute atomic E-state index is 8.74. The van der Waals surface area contributed by atoms with Crippen molar-refractivity contribution in [3.8, 4) is 0 Å². The highest BCUT2D eigenvalue weighted by Gasteiger charge is 2.13. The van der Waals surface area contributed by atoms with E-state index in [1.165, 1.54) is 11.1 Å². The molecule has 0 atom stereocenters. The van der Waals surface area contributed by atoms with E-state index in [1.807, 2.05) is 36.4 Å². The van der Waals surface area contributed by atoms with Gasteiger partial charge in [-0.05, 0) is 11.1 Å². The zero-order chi connectivity index (χ0) is 18.5. The maximum atomic E-state index is 8.74. The van der Waals surface area contributed by atoms with Gasteiger partial charge in [-0.1, -0.05) is 60.7 Å². The van der Waals surface area contributed by atoms with Crippen LogP contribution in [0.1, 0.15) is 17.2 Å². The summed E-state index contributed by atoms with van der Waals surface area (Å²) in [7, 11) is -4.67. The number of nitrogens with one attached hydrogen (secondary N) is 1. The lowest BCUT2D eigenvalue weighted by molar-refractivity contribution is 0.0824. The van der Waals surface area contributed by atoms with Gasteiger partial charge < -0.3 is 10.1 Å². The van der Waals surface area contributed by atoms with Crippen LogP contribution in [0.5, 0.6) is 0 Å². The normalized spacial score (nSPS) is 11.0. The fourth-order valence-electron chi connectivity index (χ4n) is 2.09. The Hall–Kier alpha value is -1.42. The largest absolute Gasteiger partial charge is 0.394 e. The van der Waals surface area contributed by atoms with E-state index in [4.69, 9.17) is 22.3 Å². The number of ether oxygens (including phenoxy) is 1. The molecule has 25 heavy (non-hydrogen) atoms.